The molecule has 1 saturated carbocycles. The summed E-state index contributed by atoms with van der Waals surface area (Å²) >= 11 is 0. The third-order valence-electron chi connectivity index (χ3n) is 6.38. The number of amides is 1. The van der Waals surface area contributed by atoms with Gasteiger partial charge in [-0.25, -0.2) is 0 Å². The van der Waals surface area contributed by atoms with E-state index in [-0.39, 0.29) is 5.91 Å². The summed E-state index contributed by atoms with van der Waals surface area (Å²) in [6, 6.07) is 24.1. The van der Waals surface area contributed by atoms with Crippen LogP contribution in [0.3, 0.4) is 0 Å². The molecule has 0 aliphatic heterocycles. The van der Waals surface area contributed by atoms with Gasteiger partial charge < -0.3 is 10.2 Å². The zero-order chi connectivity index (χ0) is 20.2. The highest BCUT2D eigenvalue weighted by atomic mass is 16.1. The Morgan fingerprint density at radius 1 is 1.00 bits per heavy atom. The maximum atomic E-state index is 11.8. The number of hydrogen-bond acceptors (Lipinski definition) is 2. The van der Waals surface area contributed by atoms with Crippen LogP contribution in [0, 0.1) is 0 Å². The largest absolute Gasteiger partial charge is 0.368 e. The first-order valence-corrected chi connectivity index (χ1v) is 10.8. The van der Waals surface area contributed by atoms with E-state index in [0.717, 1.165) is 18.5 Å². The summed E-state index contributed by atoms with van der Waals surface area (Å²) < 4.78 is 0. The van der Waals surface area contributed by atoms with Gasteiger partial charge in [-0.15, -0.1) is 0 Å². The maximum Gasteiger partial charge on any atom is 0.251 e. The zero-order valence-corrected chi connectivity index (χ0v) is 17.4. The molecule has 29 heavy (non-hydrogen) atoms. The lowest BCUT2D eigenvalue weighted by Crippen LogP contribution is -2.38. The van der Waals surface area contributed by atoms with Crippen molar-refractivity contribution in [1.29, 1.82) is 0 Å². The van der Waals surface area contributed by atoms with Gasteiger partial charge in [0.25, 0.3) is 5.91 Å². The van der Waals surface area contributed by atoms with Crippen LogP contribution in [0.4, 0.5) is 5.69 Å². The van der Waals surface area contributed by atoms with Gasteiger partial charge in [-0.2, -0.15) is 0 Å². The molecule has 3 aromatic rings. The van der Waals surface area contributed by atoms with Gasteiger partial charge in [0.15, 0.2) is 0 Å². The van der Waals surface area contributed by atoms with Crippen LogP contribution in [0.25, 0.3) is 10.8 Å². The van der Waals surface area contributed by atoms with Crippen molar-refractivity contribution in [1.82, 2.24) is 5.32 Å². The minimum atomic E-state index is -0.0221. The molecule has 0 spiro atoms. The molecule has 0 heterocycles. The van der Waals surface area contributed by atoms with E-state index in [9.17, 15) is 4.79 Å². The summed E-state index contributed by atoms with van der Waals surface area (Å²) in [4.78, 5) is 14.4. The van der Waals surface area contributed by atoms with E-state index in [1.165, 1.54) is 41.3 Å². The summed E-state index contributed by atoms with van der Waals surface area (Å²) in [6.07, 6.45) is 4.87. The molecule has 1 fully saturated rings. The van der Waals surface area contributed by atoms with Crippen LogP contribution in [0.2, 0.25) is 0 Å². The van der Waals surface area contributed by atoms with Crippen molar-refractivity contribution in [2.75, 3.05) is 18.5 Å². The van der Waals surface area contributed by atoms with Crippen LogP contribution in [0.1, 0.15) is 54.4 Å². The Bertz CT molecular complexity index is 974. The van der Waals surface area contributed by atoms with Gasteiger partial charge >= 0.3 is 0 Å². The van der Waals surface area contributed by atoms with Crippen LogP contribution in [-0.4, -0.2) is 25.5 Å². The minimum Gasteiger partial charge on any atom is -0.368 e. The van der Waals surface area contributed by atoms with E-state index in [1.54, 1.807) is 7.05 Å². The minimum absolute atomic E-state index is 0.0221. The highest BCUT2D eigenvalue weighted by molar-refractivity contribution is 5.94. The average Bonchev–Trinajstić information content (AvgIpc) is 2.79. The number of anilines is 1. The van der Waals surface area contributed by atoms with Crippen LogP contribution in [0.15, 0.2) is 66.7 Å². The van der Waals surface area contributed by atoms with Gasteiger partial charge in [-0.05, 0) is 61.3 Å². The molecule has 3 nitrogen and oxygen atoms in total. The fourth-order valence-electron chi connectivity index (χ4n) is 4.88. The quantitative estimate of drug-likeness (QED) is 0.605. The van der Waals surface area contributed by atoms with Crippen molar-refractivity contribution >= 4 is 22.4 Å². The molecule has 3 heteroatoms. The van der Waals surface area contributed by atoms with Crippen LogP contribution in [0.5, 0.6) is 0 Å². The average molecular weight is 387 g/mol. The first-order chi connectivity index (χ1) is 14.2. The number of hydrogen-bond donors (Lipinski definition) is 1. The predicted octanol–water partition coefficient (Wildman–Crippen LogP) is 5.75. The van der Waals surface area contributed by atoms with E-state index in [2.05, 4.69) is 71.7 Å². The molecule has 2 unspecified atom stereocenters. The highest BCUT2D eigenvalue weighted by Crippen LogP contribution is 2.38. The topological polar surface area (TPSA) is 32.3 Å². The number of nitrogens with one attached hydrogen (secondary N) is 1. The lowest BCUT2D eigenvalue weighted by molar-refractivity contribution is 0.0963. The Morgan fingerprint density at radius 3 is 2.52 bits per heavy atom. The SMILES string of the molecule is CCN(c1cccc2ccccc12)C1CCCC(c2ccc(C(=O)NC)cc2)C1. The summed E-state index contributed by atoms with van der Waals surface area (Å²) in [5, 5.41) is 5.34. The van der Waals surface area contributed by atoms with E-state index in [4.69, 9.17) is 0 Å². The molecule has 0 aromatic heterocycles. The second-order valence-electron chi connectivity index (χ2n) is 8.00. The third-order valence-corrected chi connectivity index (χ3v) is 6.38. The fourth-order valence-corrected chi connectivity index (χ4v) is 4.88. The molecule has 0 radical (unpaired) electrons. The van der Waals surface area contributed by atoms with Crippen LogP contribution in [-0.2, 0) is 0 Å². The molecule has 0 saturated heterocycles. The van der Waals surface area contributed by atoms with Crippen molar-refractivity contribution in [2.45, 2.75) is 44.6 Å². The zero-order valence-electron chi connectivity index (χ0n) is 17.4. The number of rotatable bonds is 5. The van der Waals surface area contributed by atoms with Crippen molar-refractivity contribution in [3.05, 3.63) is 77.9 Å². The Morgan fingerprint density at radius 2 is 1.76 bits per heavy atom. The van der Waals surface area contributed by atoms with Crippen molar-refractivity contribution in [2.24, 2.45) is 0 Å². The number of benzene rings is 3. The van der Waals surface area contributed by atoms with Gasteiger partial charge in [0.1, 0.15) is 0 Å². The summed E-state index contributed by atoms with van der Waals surface area (Å²) in [5.41, 5.74) is 3.44. The van der Waals surface area contributed by atoms with E-state index in [0.29, 0.717) is 12.0 Å². The number of carbonyl (C=O) groups is 1. The lowest BCUT2D eigenvalue weighted by atomic mass is 9.80. The van der Waals surface area contributed by atoms with Crippen molar-refractivity contribution in [3.8, 4) is 0 Å². The molecule has 1 amide bonds. The normalized spacial score (nSPS) is 19.1. The Labute approximate surface area is 173 Å². The molecule has 2 atom stereocenters. The predicted molar refractivity (Wildman–Crippen MR) is 122 cm³/mol. The first-order valence-electron chi connectivity index (χ1n) is 10.8. The molecule has 4 rings (SSSR count). The molecule has 1 N–H and O–H groups in total. The second-order valence-corrected chi connectivity index (χ2v) is 8.00. The number of nitrogens with zero attached hydrogens (tertiary/aromatic N) is 1. The van der Waals surface area contributed by atoms with Gasteiger partial charge in [0.2, 0.25) is 0 Å². The molecule has 1 aliphatic rings. The van der Waals surface area contributed by atoms with Gasteiger partial charge in [0.05, 0.1) is 0 Å². The number of fused-ring (bicyclic) bond motifs is 1. The highest BCUT2D eigenvalue weighted by Gasteiger charge is 2.28. The third kappa shape index (κ3) is 4.00. The maximum absolute atomic E-state index is 11.8. The second kappa shape index (κ2) is 8.69. The first kappa shape index (κ1) is 19.5. The van der Waals surface area contributed by atoms with Crippen LogP contribution < -0.4 is 10.2 Å². The number of carbonyl (C=O) groups excluding carboxylic acids is 1. The smallest absolute Gasteiger partial charge is 0.251 e. The molecule has 0 bridgehead atoms. The Balaban J connectivity index is 1.57. The molecule has 150 valence electrons. The van der Waals surface area contributed by atoms with E-state index < -0.39 is 0 Å². The van der Waals surface area contributed by atoms with Crippen LogP contribution >= 0.6 is 0 Å². The van der Waals surface area contributed by atoms with Crippen molar-refractivity contribution in [3.63, 3.8) is 0 Å². The molecular formula is C26H30N2O. The Hall–Kier alpha value is -2.81. The standard InChI is InChI=1S/C26H30N2O/c1-3-28(25-13-7-9-20-8-4-5-12-24(20)25)23-11-6-10-22(18-23)19-14-16-21(17-15-19)26(29)27-2/h4-5,7-9,12-17,22-23H,3,6,10-11,18H2,1-2H3,(H,27,29). The summed E-state index contributed by atoms with van der Waals surface area (Å²) in [7, 11) is 1.68. The molecule has 3 aromatic carbocycles. The summed E-state index contributed by atoms with van der Waals surface area (Å²) in [5.74, 6) is 0.530. The lowest BCUT2D eigenvalue weighted by Gasteiger charge is -2.39. The fraction of sp³-hybridized carbons (Fsp3) is 0.346. The monoisotopic (exact) mass is 386 g/mol. The molecule has 1 aliphatic carbocycles. The van der Waals surface area contributed by atoms with Gasteiger partial charge in [-0.1, -0.05) is 55.0 Å². The van der Waals surface area contributed by atoms with Gasteiger partial charge in [0, 0.05) is 36.3 Å². The van der Waals surface area contributed by atoms with E-state index >= 15 is 0 Å². The van der Waals surface area contributed by atoms with Gasteiger partial charge in [-0.3, -0.25) is 4.79 Å². The molecular weight excluding hydrogens is 356 g/mol. The Kier molecular flexibility index (Phi) is 5.84. The van der Waals surface area contributed by atoms with E-state index in [1.807, 2.05) is 12.1 Å². The summed E-state index contributed by atoms with van der Waals surface area (Å²) in [6.45, 7) is 3.28. The van der Waals surface area contributed by atoms with Crippen molar-refractivity contribution < 1.29 is 4.79 Å².